The molecule has 6 heteroatoms. The number of anilines is 1. The van der Waals surface area contributed by atoms with Crippen molar-refractivity contribution in [2.24, 2.45) is 11.7 Å². The summed E-state index contributed by atoms with van der Waals surface area (Å²) in [5.41, 5.74) is 6.91. The number of carbonyl (C=O) groups is 1. The molecule has 0 saturated heterocycles. The van der Waals surface area contributed by atoms with Gasteiger partial charge in [0.1, 0.15) is 5.75 Å². The van der Waals surface area contributed by atoms with Gasteiger partial charge in [-0.05, 0) is 31.0 Å². The van der Waals surface area contributed by atoms with Crippen molar-refractivity contribution in [3.05, 3.63) is 29.8 Å². The van der Waals surface area contributed by atoms with Crippen LogP contribution in [0.25, 0.3) is 0 Å². The summed E-state index contributed by atoms with van der Waals surface area (Å²) in [6.07, 6.45) is 0. The molecule has 1 rings (SSSR count). The average Bonchev–Trinajstić information content (AvgIpc) is 2.30. The zero-order chi connectivity index (χ0) is 14.5. The van der Waals surface area contributed by atoms with Gasteiger partial charge in [-0.15, -0.1) is 0 Å². The topological polar surface area (TPSA) is 89.3 Å². The van der Waals surface area contributed by atoms with E-state index in [4.69, 9.17) is 5.73 Å². The predicted molar refractivity (Wildman–Crippen MR) is 76.7 cm³/mol. The molecule has 0 aliphatic heterocycles. The molecule has 3 N–H and O–H groups in total. The van der Waals surface area contributed by atoms with Crippen LogP contribution in [0, 0.1) is 12.8 Å². The van der Waals surface area contributed by atoms with Crippen molar-refractivity contribution in [2.45, 2.75) is 13.8 Å². The van der Waals surface area contributed by atoms with Gasteiger partial charge in [-0.2, -0.15) is 0 Å². The molecule has 0 heterocycles. The van der Waals surface area contributed by atoms with Crippen molar-refractivity contribution in [3.8, 4) is 0 Å². The number of hydrogen-bond acceptors (Lipinski definition) is 4. The van der Waals surface area contributed by atoms with Gasteiger partial charge in [0.2, 0.25) is 5.91 Å². The molecule has 1 aromatic carbocycles. The van der Waals surface area contributed by atoms with E-state index in [-0.39, 0.29) is 11.7 Å². The van der Waals surface area contributed by atoms with Crippen molar-refractivity contribution in [2.75, 3.05) is 23.4 Å². The molecule has 1 aromatic rings. The number of carbonyl (C=O) groups excluding carboxylic acids is 1. The fourth-order valence-electron chi connectivity index (χ4n) is 1.66. The van der Waals surface area contributed by atoms with E-state index < -0.39 is 21.5 Å². The smallest absolute Gasteiger partial charge is 0.239 e. The van der Waals surface area contributed by atoms with E-state index in [0.29, 0.717) is 12.2 Å². The quantitative estimate of drug-likeness (QED) is 0.813. The lowest BCUT2D eigenvalue weighted by molar-refractivity contribution is -0.113. The molecule has 1 atom stereocenters. The van der Waals surface area contributed by atoms with Gasteiger partial charge in [0.05, 0.1) is 5.75 Å². The number of amides is 1. The van der Waals surface area contributed by atoms with Gasteiger partial charge in [0, 0.05) is 5.69 Å². The Morgan fingerprint density at radius 1 is 1.37 bits per heavy atom. The number of hydrogen-bond donors (Lipinski definition) is 2. The third kappa shape index (κ3) is 5.40. The summed E-state index contributed by atoms with van der Waals surface area (Å²) < 4.78 is 23.5. The van der Waals surface area contributed by atoms with Gasteiger partial charge in [0.15, 0.2) is 9.84 Å². The molecule has 1 amide bonds. The van der Waals surface area contributed by atoms with Crippen LogP contribution in [0.2, 0.25) is 0 Å². The SMILES string of the molecule is Cc1ccccc1NC(=O)CS(=O)(=O)CC(C)CN. The van der Waals surface area contributed by atoms with Crippen LogP contribution in [0.1, 0.15) is 12.5 Å². The summed E-state index contributed by atoms with van der Waals surface area (Å²) >= 11 is 0. The third-order valence-electron chi connectivity index (χ3n) is 2.71. The third-order valence-corrected chi connectivity index (χ3v) is 4.49. The van der Waals surface area contributed by atoms with Crippen molar-refractivity contribution in [1.29, 1.82) is 0 Å². The molecule has 106 valence electrons. The first-order chi connectivity index (χ1) is 8.84. The second-order valence-electron chi connectivity index (χ2n) is 4.76. The summed E-state index contributed by atoms with van der Waals surface area (Å²) in [7, 11) is -3.42. The molecule has 0 spiro atoms. The maximum atomic E-state index is 11.8. The number of aryl methyl sites for hydroxylation is 1. The first-order valence-electron chi connectivity index (χ1n) is 6.10. The lowest BCUT2D eigenvalue weighted by Gasteiger charge is -2.11. The summed E-state index contributed by atoms with van der Waals surface area (Å²) in [5.74, 6) is -1.23. The van der Waals surface area contributed by atoms with Crippen LogP contribution >= 0.6 is 0 Å². The molecular weight excluding hydrogens is 264 g/mol. The van der Waals surface area contributed by atoms with Crippen LogP contribution in [-0.4, -0.2) is 32.4 Å². The highest BCUT2D eigenvalue weighted by molar-refractivity contribution is 7.92. The monoisotopic (exact) mass is 284 g/mol. The Kier molecular flexibility index (Phi) is 5.50. The van der Waals surface area contributed by atoms with Crippen LogP contribution in [0.15, 0.2) is 24.3 Å². The molecule has 0 aliphatic rings. The highest BCUT2D eigenvalue weighted by Gasteiger charge is 2.19. The number of benzene rings is 1. The van der Waals surface area contributed by atoms with E-state index in [1.54, 1.807) is 19.1 Å². The van der Waals surface area contributed by atoms with Crippen molar-refractivity contribution in [3.63, 3.8) is 0 Å². The fraction of sp³-hybridized carbons (Fsp3) is 0.462. The Hall–Kier alpha value is -1.40. The Balaban J connectivity index is 2.63. The molecule has 0 radical (unpaired) electrons. The lowest BCUT2D eigenvalue weighted by Crippen LogP contribution is -2.29. The number of nitrogens with two attached hydrogens (primary N) is 1. The van der Waals surface area contributed by atoms with E-state index in [1.807, 2.05) is 19.1 Å². The largest absolute Gasteiger partial charge is 0.330 e. The molecule has 0 aliphatic carbocycles. The number of nitrogens with one attached hydrogen (secondary N) is 1. The van der Waals surface area contributed by atoms with Gasteiger partial charge in [-0.3, -0.25) is 4.79 Å². The van der Waals surface area contributed by atoms with E-state index in [1.165, 1.54) is 0 Å². The van der Waals surface area contributed by atoms with Crippen LogP contribution in [0.4, 0.5) is 5.69 Å². The van der Waals surface area contributed by atoms with Crippen LogP contribution in [0.3, 0.4) is 0 Å². The Bertz CT molecular complexity index is 541. The molecule has 0 fully saturated rings. The number of para-hydroxylation sites is 1. The molecule has 19 heavy (non-hydrogen) atoms. The zero-order valence-corrected chi connectivity index (χ0v) is 12.0. The van der Waals surface area contributed by atoms with Crippen LogP contribution in [0.5, 0.6) is 0 Å². The van der Waals surface area contributed by atoms with E-state index in [0.717, 1.165) is 5.56 Å². The van der Waals surface area contributed by atoms with E-state index in [9.17, 15) is 13.2 Å². The maximum absolute atomic E-state index is 11.8. The fourth-order valence-corrected chi connectivity index (χ4v) is 3.25. The van der Waals surface area contributed by atoms with Crippen LogP contribution < -0.4 is 11.1 Å². The molecule has 5 nitrogen and oxygen atoms in total. The maximum Gasteiger partial charge on any atom is 0.239 e. The molecule has 0 saturated carbocycles. The Morgan fingerprint density at radius 3 is 2.58 bits per heavy atom. The van der Waals surface area contributed by atoms with Crippen molar-refractivity contribution >= 4 is 21.4 Å². The summed E-state index contributed by atoms with van der Waals surface area (Å²) in [4.78, 5) is 11.7. The normalized spacial score (nSPS) is 13.0. The number of rotatable bonds is 6. The minimum atomic E-state index is -3.42. The highest BCUT2D eigenvalue weighted by atomic mass is 32.2. The highest BCUT2D eigenvalue weighted by Crippen LogP contribution is 2.13. The summed E-state index contributed by atoms with van der Waals surface area (Å²) in [5, 5.41) is 2.61. The van der Waals surface area contributed by atoms with Crippen LogP contribution in [-0.2, 0) is 14.6 Å². The average molecular weight is 284 g/mol. The Morgan fingerprint density at radius 2 is 2.00 bits per heavy atom. The van der Waals surface area contributed by atoms with E-state index >= 15 is 0 Å². The second kappa shape index (κ2) is 6.68. The van der Waals surface area contributed by atoms with Gasteiger partial charge in [-0.25, -0.2) is 8.42 Å². The van der Waals surface area contributed by atoms with Crippen molar-refractivity contribution in [1.82, 2.24) is 0 Å². The Labute approximate surface area is 114 Å². The second-order valence-corrected chi connectivity index (χ2v) is 6.87. The first-order valence-corrected chi connectivity index (χ1v) is 7.92. The van der Waals surface area contributed by atoms with Crippen molar-refractivity contribution < 1.29 is 13.2 Å². The molecular formula is C13H20N2O3S. The summed E-state index contributed by atoms with van der Waals surface area (Å²) in [6, 6.07) is 7.22. The van der Waals surface area contributed by atoms with Gasteiger partial charge >= 0.3 is 0 Å². The van der Waals surface area contributed by atoms with Gasteiger partial charge in [0.25, 0.3) is 0 Å². The minimum Gasteiger partial charge on any atom is -0.330 e. The summed E-state index contributed by atoms with van der Waals surface area (Å²) in [6.45, 7) is 3.88. The molecule has 1 unspecified atom stereocenters. The zero-order valence-electron chi connectivity index (χ0n) is 11.2. The first kappa shape index (κ1) is 15.7. The molecule has 0 bridgehead atoms. The molecule has 0 aromatic heterocycles. The lowest BCUT2D eigenvalue weighted by atomic mass is 10.2. The van der Waals surface area contributed by atoms with Gasteiger partial charge < -0.3 is 11.1 Å². The van der Waals surface area contributed by atoms with E-state index in [2.05, 4.69) is 5.32 Å². The predicted octanol–water partition coefficient (Wildman–Crippen LogP) is 0.943. The number of sulfone groups is 1. The van der Waals surface area contributed by atoms with Gasteiger partial charge in [-0.1, -0.05) is 25.1 Å². The minimum absolute atomic E-state index is 0.0648. The standard InChI is InChI=1S/C13H20N2O3S/c1-10(7-14)8-19(17,18)9-13(16)15-12-6-4-3-5-11(12)2/h3-6,10H,7-9,14H2,1-2H3,(H,15,16).